The van der Waals surface area contributed by atoms with E-state index in [9.17, 15) is 4.79 Å². The highest BCUT2D eigenvalue weighted by molar-refractivity contribution is 5.83. The number of nitrogens with zero attached hydrogens (tertiary/aromatic N) is 1. The van der Waals surface area contributed by atoms with E-state index in [-0.39, 0.29) is 18.6 Å². The minimum Gasteiger partial charge on any atom is -0.396 e. The van der Waals surface area contributed by atoms with Gasteiger partial charge in [-0.3, -0.25) is 4.79 Å². The van der Waals surface area contributed by atoms with Crippen molar-refractivity contribution in [3.63, 3.8) is 0 Å². The third kappa shape index (κ3) is 2.96. The number of carbonyl (C=O) groups excluding carboxylic acids is 1. The molecule has 1 aliphatic rings. The quantitative estimate of drug-likeness (QED) is 0.633. The second kappa shape index (κ2) is 5.98. The Bertz CT molecular complexity index is 167. The van der Waals surface area contributed by atoms with Gasteiger partial charge in [-0.05, 0) is 25.8 Å². The van der Waals surface area contributed by atoms with Crippen molar-refractivity contribution < 1.29 is 9.90 Å². The van der Waals surface area contributed by atoms with E-state index in [1.807, 2.05) is 4.90 Å². The second-order valence-corrected chi connectivity index (χ2v) is 3.70. The van der Waals surface area contributed by atoms with Gasteiger partial charge in [0, 0.05) is 19.7 Å². The summed E-state index contributed by atoms with van der Waals surface area (Å²) in [4.78, 5) is 13.5. The molecule has 1 saturated heterocycles. The van der Waals surface area contributed by atoms with Crippen molar-refractivity contribution in [3.8, 4) is 0 Å². The molecule has 1 amide bonds. The zero-order valence-corrected chi connectivity index (χ0v) is 8.83. The van der Waals surface area contributed by atoms with E-state index in [0.717, 1.165) is 25.9 Å². The van der Waals surface area contributed by atoms with Crippen LogP contribution in [0.3, 0.4) is 0 Å². The van der Waals surface area contributed by atoms with Gasteiger partial charge in [-0.25, -0.2) is 0 Å². The van der Waals surface area contributed by atoms with Crippen LogP contribution in [-0.4, -0.2) is 48.2 Å². The number of aliphatic hydroxyl groups excluding tert-OH is 1. The summed E-state index contributed by atoms with van der Waals surface area (Å²) in [7, 11) is 0. The molecule has 4 nitrogen and oxygen atoms in total. The van der Waals surface area contributed by atoms with Gasteiger partial charge in [-0.2, -0.15) is 0 Å². The van der Waals surface area contributed by atoms with Gasteiger partial charge in [0.25, 0.3) is 0 Å². The maximum Gasteiger partial charge on any atom is 0.239 e. The molecule has 0 saturated carbocycles. The Labute approximate surface area is 85.3 Å². The lowest BCUT2D eigenvalue weighted by Crippen LogP contribution is -2.39. The molecule has 0 aromatic rings. The molecular weight excluding hydrogens is 180 g/mol. The van der Waals surface area contributed by atoms with Crippen molar-refractivity contribution in [3.05, 3.63) is 0 Å². The van der Waals surface area contributed by atoms with Crippen LogP contribution in [0.1, 0.15) is 26.2 Å². The minimum atomic E-state index is 0.0219. The lowest BCUT2D eigenvalue weighted by Gasteiger charge is -2.16. The molecular formula is C10H20N2O2. The molecule has 1 aliphatic heterocycles. The summed E-state index contributed by atoms with van der Waals surface area (Å²) in [6, 6.07) is 0.0219. The largest absolute Gasteiger partial charge is 0.396 e. The maximum absolute atomic E-state index is 11.7. The number of likely N-dealkylation sites (tertiary alicyclic amines) is 1. The molecule has 82 valence electrons. The van der Waals surface area contributed by atoms with Gasteiger partial charge in [-0.1, -0.05) is 6.92 Å². The first-order valence-corrected chi connectivity index (χ1v) is 5.42. The molecule has 4 heteroatoms. The first-order chi connectivity index (χ1) is 6.79. The van der Waals surface area contributed by atoms with Crippen molar-refractivity contribution in [2.45, 2.75) is 32.2 Å². The average Bonchev–Trinajstić information content (AvgIpc) is 2.54. The van der Waals surface area contributed by atoms with Gasteiger partial charge in [0.15, 0.2) is 0 Å². The highest BCUT2D eigenvalue weighted by Crippen LogP contribution is 2.11. The highest BCUT2D eigenvalue weighted by atomic mass is 16.3. The maximum atomic E-state index is 11.7. The van der Waals surface area contributed by atoms with E-state index in [2.05, 4.69) is 12.2 Å². The monoisotopic (exact) mass is 200 g/mol. The topological polar surface area (TPSA) is 52.6 Å². The van der Waals surface area contributed by atoms with Crippen LogP contribution < -0.4 is 5.32 Å². The Morgan fingerprint density at radius 2 is 2.43 bits per heavy atom. The summed E-state index contributed by atoms with van der Waals surface area (Å²) in [5, 5.41) is 11.9. The summed E-state index contributed by atoms with van der Waals surface area (Å²) >= 11 is 0. The SMILES string of the molecule is CCCNC1CCN(CCCO)C1=O. The Kier molecular flexibility index (Phi) is 4.90. The van der Waals surface area contributed by atoms with Crippen LogP contribution in [0.15, 0.2) is 0 Å². The third-order valence-electron chi connectivity index (χ3n) is 2.52. The molecule has 1 fully saturated rings. The smallest absolute Gasteiger partial charge is 0.239 e. The fraction of sp³-hybridized carbons (Fsp3) is 0.900. The summed E-state index contributed by atoms with van der Waals surface area (Å²) in [6.07, 6.45) is 2.65. The van der Waals surface area contributed by atoms with E-state index >= 15 is 0 Å². The molecule has 0 aromatic carbocycles. The number of carbonyl (C=O) groups is 1. The third-order valence-corrected chi connectivity index (χ3v) is 2.52. The van der Waals surface area contributed by atoms with Crippen molar-refractivity contribution in [2.75, 3.05) is 26.2 Å². The molecule has 2 N–H and O–H groups in total. The lowest BCUT2D eigenvalue weighted by atomic mass is 10.2. The molecule has 1 unspecified atom stereocenters. The lowest BCUT2D eigenvalue weighted by molar-refractivity contribution is -0.129. The Morgan fingerprint density at radius 1 is 1.64 bits per heavy atom. The van der Waals surface area contributed by atoms with Crippen LogP contribution >= 0.6 is 0 Å². The van der Waals surface area contributed by atoms with Gasteiger partial charge < -0.3 is 15.3 Å². The Balaban J connectivity index is 2.28. The van der Waals surface area contributed by atoms with Gasteiger partial charge in [0.05, 0.1) is 6.04 Å². The Hall–Kier alpha value is -0.610. The summed E-state index contributed by atoms with van der Waals surface area (Å²) in [5.74, 6) is 0.201. The average molecular weight is 200 g/mol. The number of aliphatic hydroxyl groups is 1. The van der Waals surface area contributed by atoms with E-state index < -0.39 is 0 Å². The number of rotatable bonds is 6. The number of nitrogens with one attached hydrogen (secondary N) is 1. The molecule has 0 radical (unpaired) electrons. The summed E-state index contributed by atoms with van der Waals surface area (Å²) in [5.41, 5.74) is 0. The number of amides is 1. The van der Waals surface area contributed by atoms with Crippen LogP contribution in [0.5, 0.6) is 0 Å². The molecule has 1 rings (SSSR count). The molecule has 1 heterocycles. The van der Waals surface area contributed by atoms with E-state index in [1.165, 1.54) is 0 Å². The first-order valence-electron chi connectivity index (χ1n) is 5.42. The van der Waals surface area contributed by atoms with Crippen molar-refractivity contribution in [1.82, 2.24) is 10.2 Å². The number of hydrogen-bond acceptors (Lipinski definition) is 3. The standard InChI is InChI=1S/C10H20N2O2/c1-2-5-11-9-4-7-12(10(9)14)6-3-8-13/h9,11,13H,2-8H2,1H3. The zero-order chi connectivity index (χ0) is 10.4. The molecule has 0 aliphatic carbocycles. The number of hydrogen-bond donors (Lipinski definition) is 2. The van der Waals surface area contributed by atoms with Crippen molar-refractivity contribution in [2.24, 2.45) is 0 Å². The van der Waals surface area contributed by atoms with Crippen molar-refractivity contribution in [1.29, 1.82) is 0 Å². The molecule has 0 bridgehead atoms. The highest BCUT2D eigenvalue weighted by Gasteiger charge is 2.30. The van der Waals surface area contributed by atoms with E-state index in [0.29, 0.717) is 13.0 Å². The van der Waals surface area contributed by atoms with Gasteiger partial charge in [-0.15, -0.1) is 0 Å². The normalized spacial score (nSPS) is 22.0. The molecule has 1 atom stereocenters. The fourth-order valence-electron chi connectivity index (χ4n) is 1.73. The van der Waals surface area contributed by atoms with Gasteiger partial charge in [0.2, 0.25) is 5.91 Å². The fourth-order valence-corrected chi connectivity index (χ4v) is 1.73. The summed E-state index contributed by atoms with van der Waals surface area (Å²) < 4.78 is 0. The van der Waals surface area contributed by atoms with Crippen LogP contribution in [0.2, 0.25) is 0 Å². The van der Waals surface area contributed by atoms with E-state index in [4.69, 9.17) is 5.11 Å². The first kappa shape index (κ1) is 11.5. The van der Waals surface area contributed by atoms with Crippen LogP contribution in [0.4, 0.5) is 0 Å². The van der Waals surface area contributed by atoms with Crippen LogP contribution in [-0.2, 0) is 4.79 Å². The molecule has 0 spiro atoms. The zero-order valence-electron chi connectivity index (χ0n) is 8.83. The summed E-state index contributed by atoms with van der Waals surface area (Å²) in [6.45, 7) is 4.69. The van der Waals surface area contributed by atoms with Crippen LogP contribution in [0, 0.1) is 0 Å². The molecule has 0 aromatic heterocycles. The minimum absolute atomic E-state index is 0.0219. The van der Waals surface area contributed by atoms with Crippen molar-refractivity contribution >= 4 is 5.91 Å². The Morgan fingerprint density at radius 3 is 3.07 bits per heavy atom. The van der Waals surface area contributed by atoms with Crippen LogP contribution in [0.25, 0.3) is 0 Å². The predicted molar refractivity (Wildman–Crippen MR) is 55.0 cm³/mol. The molecule has 14 heavy (non-hydrogen) atoms. The predicted octanol–water partition coefficient (Wildman–Crippen LogP) is -0.0307. The second-order valence-electron chi connectivity index (χ2n) is 3.70. The van der Waals surface area contributed by atoms with Gasteiger partial charge in [0.1, 0.15) is 0 Å². The van der Waals surface area contributed by atoms with Gasteiger partial charge >= 0.3 is 0 Å². The van der Waals surface area contributed by atoms with E-state index in [1.54, 1.807) is 0 Å².